The van der Waals surface area contributed by atoms with Gasteiger partial charge in [-0.1, -0.05) is 45.1 Å². The molecule has 1 aromatic carbocycles. The molecule has 1 heterocycles. The average molecular weight is 360 g/mol. The van der Waals surface area contributed by atoms with Crippen LogP contribution in [-0.4, -0.2) is 16.2 Å². The molecule has 0 radical (unpaired) electrons. The number of rotatable bonds is 5. The van der Waals surface area contributed by atoms with Gasteiger partial charge < -0.3 is 5.32 Å². The monoisotopic (exact) mass is 359 g/mol. The Labute approximate surface area is 127 Å². The number of halogens is 2. The number of anilines is 1. The highest BCUT2D eigenvalue weighted by molar-refractivity contribution is 9.10. The Balaban J connectivity index is 1.60. The fraction of sp³-hybridized carbons (Fsp3) is 0.333. The van der Waals surface area contributed by atoms with E-state index in [0.29, 0.717) is 17.4 Å². The van der Waals surface area contributed by atoms with Crippen LogP contribution in [0.15, 0.2) is 27.0 Å². The molecular weight excluding hydrogens is 349 g/mol. The van der Waals surface area contributed by atoms with Gasteiger partial charge in [0.2, 0.25) is 5.13 Å². The van der Waals surface area contributed by atoms with Crippen molar-refractivity contribution >= 4 is 44.2 Å². The minimum Gasteiger partial charge on any atom is -0.357 e. The van der Waals surface area contributed by atoms with Crippen molar-refractivity contribution in [1.29, 1.82) is 0 Å². The maximum Gasteiger partial charge on any atom is 0.206 e. The molecule has 7 heteroatoms. The molecule has 0 unspecified atom stereocenters. The van der Waals surface area contributed by atoms with Gasteiger partial charge in [0.15, 0.2) is 4.34 Å². The van der Waals surface area contributed by atoms with E-state index in [1.54, 1.807) is 6.07 Å². The average Bonchev–Trinajstić information content (AvgIpc) is 3.06. The van der Waals surface area contributed by atoms with Crippen molar-refractivity contribution in [3.05, 3.63) is 34.1 Å². The normalized spacial score (nSPS) is 14.6. The topological polar surface area (TPSA) is 37.8 Å². The van der Waals surface area contributed by atoms with Crippen LogP contribution < -0.4 is 5.32 Å². The highest BCUT2D eigenvalue weighted by Gasteiger charge is 2.22. The third kappa shape index (κ3) is 3.67. The lowest BCUT2D eigenvalue weighted by Gasteiger charge is -2.01. The zero-order valence-corrected chi connectivity index (χ0v) is 13.1. The lowest BCUT2D eigenvalue weighted by Crippen LogP contribution is -1.99. The van der Waals surface area contributed by atoms with Crippen molar-refractivity contribution in [2.24, 2.45) is 0 Å². The molecule has 0 saturated heterocycles. The molecule has 1 aliphatic carbocycles. The highest BCUT2D eigenvalue weighted by Crippen LogP contribution is 2.32. The first-order valence-corrected chi connectivity index (χ1v) is 8.47. The summed E-state index contributed by atoms with van der Waals surface area (Å²) in [5.41, 5.74) is 0.681. The fourth-order valence-electron chi connectivity index (χ4n) is 1.51. The summed E-state index contributed by atoms with van der Waals surface area (Å²) in [6.45, 7) is 0. The summed E-state index contributed by atoms with van der Waals surface area (Å²) < 4.78 is 15.3. The maximum atomic E-state index is 13.7. The molecule has 1 aliphatic rings. The third-order valence-electron chi connectivity index (χ3n) is 2.68. The Hall–Kier alpha value is -0.660. The molecule has 0 atom stereocenters. The number of hydrogen-bond donors (Lipinski definition) is 1. The molecule has 1 aromatic heterocycles. The van der Waals surface area contributed by atoms with E-state index in [0.717, 1.165) is 13.9 Å². The third-order valence-corrected chi connectivity index (χ3v) is 5.21. The minimum absolute atomic E-state index is 0.192. The molecule has 1 saturated carbocycles. The molecule has 0 amide bonds. The summed E-state index contributed by atoms with van der Waals surface area (Å²) in [7, 11) is 0. The van der Waals surface area contributed by atoms with Gasteiger partial charge in [0.25, 0.3) is 0 Å². The van der Waals surface area contributed by atoms with E-state index < -0.39 is 0 Å². The number of nitrogens with zero attached hydrogens (tertiary/aromatic N) is 2. The van der Waals surface area contributed by atoms with Crippen molar-refractivity contribution in [1.82, 2.24) is 10.2 Å². The van der Waals surface area contributed by atoms with E-state index >= 15 is 0 Å². The van der Waals surface area contributed by atoms with Crippen LogP contribution >= 0.6 is 39.0 Å². The summed E-state index contributed by atoms with van der Waals surface area (Å²) >= 11 is 6.29. The number of thioether (sulfide) groups is 1. The molecule has 3 rings (SSSR count). The Kier molecular flexibility index (Phi) is 4.04. The van der Waals surface area contributed by atoms with Crippen molar-refractivity contribution in [3.8, 4) is 0 Å². The second-order valence-corrected chi connectivity index (χ2v) is 7.43. The molecule has 100 valence electrons. The van der Waals surface area contributed by atoms with Crippen LogP contribution in [0.2, 0.25) is 0 Å². The predicted molar refractivity (Wildman–Crippen MR) is 80.2 cm³/mol. The van der Waals surface area contributed by atoms with Gasteiger partial charge in [-0.15, -0.1) is 10.2 Å². The van der Waals surface area contributed by atoms with Crippen LogP contribution in [0.25, 0.3) is 0 Å². The van der Waals surface area contributed by atoms with Crippen LogP contribution in [0, 0.1) is 5.82 Å². The van der Waals surface area contributed by atoms with Crippen LogP contribution in [0.3, 0.4) is 0 Å². The van der Waals surface area contributed by atoms with E-state index in [1.807, 2.05) is 6.07 Å². The van der Waals surface area contributed by atoms with Crippen LogP contribution in [-0.2, 0) is 5.75 Å². The van der Waals surface area contributed by atoms with E-state index in [4.69, 9.17) is 0 Å². The van der Waals surface area contributed by atoms with Gasteiger partial charge >= 0.3 is 0 Å². The van der Waals surface area contributed by atoms with Crippen molar-refractivity contribution in [2.75, 3.05) is 5.32 Å². The van der Waals surface area contributed by atoms with Crippen LogP contribution in [0.5, 0.6) is 0 Å². The first kappa shape index (κ1) is 13.3. The molecule has 1 fully saturated rings. The second-order valence-electron chi connectivity index (χ2n) is 4.32. The van der Waals surface area contributed by atoms with Gasteiger partial charge in [0.05, 0.1) is 0 Å². The van der Waals surface area contributed by atoms with Crippen molar-refractivity contribution in [2.45, 2.75) is 29.0 Å². The molecule has 1 N–H and O–H groups in total. The van der Waals surface area contributed by atoms with Gasteiger partial charge in [-0.05, 0) is 30.5 Å². The molecule has 0 bridgehead atoms. The fourth-order valence-corrected chi connectivity index (χ4v) is 3.66. The van der Waals surface area contributed by atoms with E-state index in [2.05, 4.69) is 31.4 Å². The Morgan fingerprint density at radius 1 is 1.42 bits per heavy atom. The summed E-state index contributed by atoms with van der Waals surface area (Å²) in [6.07, 6.45) is 2.43. The molecule has 2 aromatic rings. The Bertz CT molecular complexity index is 586. The maximum absolute atomic E-state index is 13.7. The van der Waals surface area contributed by atoms with Gasteiger partial charge in [-0.25, -0.2) is 4.39 Å². The zero-order chi connectivity index (χ0) is 13.2. The first-order chi connectivity index (χ1) is 9.20. The number of hydrogen-bond acceptors (Lipinski definition) is 5. The SMILES string of the molecule is Fc1cc(Br)ccc1CSc1nnc(NC2CC2)s1. The van der Waals surface area contributed by atoms with Gasteiger partial charge in [-0.2, -0.15) is 0 Å². The van der Waals surface area contributed by atoms with E-state index in [-0.39, 0.29) is 5.82 Å². The number of benzene rings is 1. The molecule has 0 spiro atoms. The van der Waals surface area contributed by atoms with Crippen molar-refractivity contribution in [3.63, 3.8) is 0 Å². The van der Waals surface area contributed by atoms with Gasteiger partial charge in [0, 0.05) is 16.3 Å². The van der Waals surface area contributed by atoms with E-state index in [9.17, 15) is 4.39 Å². The van der Waals surface area contributed by atoms with Crippen molar-refractivity contribution < 1.29 is 4.39 Å². The zero-order valence-electron chi connectivity index (χ0n) is 9.90. The predicted octanol–water partition coefficient (Wildman–Crippen LogP) is 4.31. The summed E-state index contributed by atoms with van der Waals surface area (Å²) in [5.74, 6) is 0.375. The lowest BCUT2D eigenvalue weighted by molar-refractivity contribution is 0.616. The molecule has 0 aliphatic heterocycles. The van der Waals surface area contributed by atoms with Gasteiger partial charge in [0.1, 0.15) is 5.82 Å². The van der Waals surface area contributed by atoms with E-state index in [1.165, 1.54) is 42.0 Å². The molecule has 3 nitrogen and oxygen atoms in total. The summed E-state index contributed by atoms with van der Waals surface area (Å²) in [5, 5.41) is 12.3. The second kappa shape index (κ2) is 5.76. The number of nitrogens with one attached hydrogen (secondary N) is 1. The van der Waals surface area contributed by atoms with Crippen LogP contribution in [0.1, 0.15) is 18.4 Å². The van der Waals surface area contributed by atoms with Crippen LogP contribution in [0.4, 0.5) is 9.52 Å². The highest BCUT2D eigenvalue weighted by atomic mass is 79.9. The largest absolute Gasteiger partial charge is 0.357 e. The number of aromatic nitrogens is 2. The lowest BCUT2D eigenvalue weighted by atomic mass is 10.2. The Morgan fingerprint density at radius 2 is 2.26 bits per heavy atom. The summed E-state index contributed by atoms with van der Waals surface area (Å²) in [6, 6.07) is 5.70. The quantitative estimate of drug-likeness (QED) is 0.807. The van der Waals surface area contributed by atoms with Gasteiger partial charge in [-0.3, -0.25) is 0 Å². The summed E-state index contributed by atoms with van der Waals surface area (Å²) in [4.78, 5) is 0. The minimum atomic E-state index is -0.192. The molecule has 19 heavy (non-hydrogen) atoms. The molecular formula is C12H11BrFN3S2. The Morgan fingerprint density at radius 3 is 3.00 bits per heavy atom. The smallest absolute Gasteiger partial charge is 0.206 e. The first-order valence-electron chi connectivity index (χ1n) is 5.87. The standard InChI is InChI=1S/C12H11BrFN3S2/c13-8-2-1-7(10(14)5-8)6-18-12-17-16-11(19-12)15-9-3-4-9/h1-2,5,9H,3-4,6H2,(H,15,16).